The van der Waals surface area contributed by atoms with Crippen molar-refractivity contribution in [3.05, 3.63) is 69.5 Å². The molecule has 1 unspecified atom stereocenters. The molecular formula is C18H21ClFN. The maximum Gasteiger partial charge on any atom is 0.127 e. The van der Waals surface area contributed by atoms with Gasteiger partial charge in [0.1, 0.15) is 5.82 Å². The van der Waals surface area contributed by atoms with Crippen molar-refractivity contribution in [2.75, 3.05) is 6.54 Å². The maximum atomic E-state index is 13.6. The van der Waals surface area contributed by atoms with Gasteiger partial charge in [0, 0.05) is 11.1 Å². The van der Waals surface area contributed by atoms with Crippen LogP contribution in [-0.4, -0.2) is 6.54 Å². The minimum Gasteiger partial charge on any atom is -0.310 e. The highest BCUT2D eigenvalue weighted by molar-refractivity contribution is 6.31. The van der Waals surface area contributed by atoms with Gasteiger partial charge in [0.15, 0.2) is 0 Å². The first-order valence-electron chi connectivity index (χ1n) is 7.25. The molecule has 0 amide bonds. The highest BCUT2D eigenvalue weighted by atomic mass is 35.5. The zero-order valence-electron chi connectivity index (χ0n) is 12.7. The molecule has 1 atom stereocenters. The molecule has 0 spiro atoms. The van der Waals surface area contributed by atoms with Crippen LogP contribution in [0.1, 0.15) is 35.2 Å². The summed E-state index contributed by atoms with van der Waals surface area (Å²) in [7, 11) is 0. The molecule has 0 aromatic heterocycles. The summed E-state index contributed by atoms with van der Waals surface area (Å²) in [6.45, 7) is 6.74. The van der Waals surface area contributed by atoms with Crippen LogP contribution in [0.3, 0.4) is 0 Å². The number of halogens is 2. The van der Waals surface area contributed by atoms with E-state index >= 15 is 0 Å². The Morgan fingerprint density at radius 1 is 1.14 bits per heavy atom. The van der Waals surface area contributed by atoms with Gasteiger partial charge in [-0.2, -0.15) is 0 Å². The van der Waals surface area contributed by atoms with Gasteiger partial charge < -0.3 is 5.32 Å². The highest BCUT2D eigenvalue weighted by Crippen LogP contribution is 2.28. The average Bonchev–Trinajstić information content (AvgIpc) is 2.45. The van der Waals surface area contributed by atoms with Gasteiger partial charge in [-0.3, -0.25) is 0 Å². The van der Waals surface area contributed by atoms with Crippen LogP contribution < -0.4 is 5.32 Å². The van der Waals surface area contributed by atoms with E-state index in [-0.39, 0.29) is 11.9 Å². The lowest BCUT2D eigenvalue weighted by Crippen LogP contribution is -2.23. The summed E-state index contributed by atoms with van der Waals surface area (Å²) in [6, 6.07) is 11.8. The largest absolute Gasteiger partial charge is 0.310 e. The minimum absolute atomic E-state index is 0.0875. The van der Waals surface area contributed by atoms with Crippen molar-refractivity contribution in [2.24, 2.45) is 0 Å². The van der Waals surface area contributed by atoms with Gasteiger partial charge in [-0.05, 0) is 49.6 Å². The highest BCUT2D eigenvalue weighted by Gasteiger charge is 2.16. The molecule has 0 aliphatic carbocycles. The SMILES string of the molecule is CCNC(Cc1ccc(C)cc1)c1cc(C)c(F)cc1Cl. The van der Waals surface area contributed by atoms with Crippen molar-refractivity contribution < 1.29 is 4.39 Å². The Morgan fingerprint density at radius 2 is 1.81 bits per heavy atom. The number of hydrogen-bond acceptors (Lipinski definition) is 1. The fraction of sp³-hybridized carbons (Fsp3) is 0.333. The Hall–Kier alpha value is -1.38. The zero-order valence-corrected chi connectivity index (χ0v) is 13.5. The summed E-state index contributed by atoms with van der Waals surface area (Å²) in [5, 5.41) is 3.93. The van der Waals surface area contributed by atoms with E-state index in [2.05, 4.69) is 43.4 Å². The molecule has 0 aliphatic rings. The summed E-state index contributed by atoms with van der Waals surface area (Å²) in [4.78, 5) is 0. The predicted octanol–water partition coefficient (Wildman–Crippen LogP) is 4.99. The monoisotopic (exact) mass is 305 g/mol. The van der Waals surface area contributed by atoms with Crippen LogP contribution >= 0.6 is 11.6 Å². The van der Waals surface area contributed by atoms with Crippen LogP contribution in [0.4, 0.5) is 4.39 Å². The summed E-state index contributed by atoms with van der Waals surface area (Å²) < 4.78 is 13.6. The topological polar surface area (TPSA) is 12.0 Å². The van der Waals surface area contributed by atoms with E-state index in [0.29, 0.717) is 10.6 Å². The number of nitrogens with one attached hydrogen (secondary N) is 1. The third-order valence-electron chi connectivity index (χ3n) is 3.66. The summed E-state index contributed by atoms with van der Waals surface area (Å²) in [5.74, 6) is -0.255. The normalized spacial score (nSPS) is 12.4. The molecule has 0 heterocycles. The van der Waals surface area contributed by atoms with E-state index in [1.54, 1.807) is 6.92 Å². The second kappa shape index (κ2) is 7.06. The maximum absolute atomic E-state index is 13.6. The average molecular weight is 306 g/mol. The van der Waals surface area contributed by atoms with Gasteiger partial charge in [-0.1, -0.05) is 54.4 Å². The van der Waals surface area contributed by atoms with Crippen molar-refractivity contribution in [1.82, 2.24) is 5.32 Å². The molecule has 0 radical (unpaired) electrons. The van der Waals surface area contributed by atoms with Gasteiger partial charge in [-0.25, -0.2) is 4.39 Å². The van der Waals surface area contributed by atoms with E-state index in [9.17, 15) is 4.39 Å². The van der Waals surface area contributed by atoms with Gasteiger partial charge in [0.25, 0.3) is 0 Å². The van der Waals surface area contributed by atoms with Crippen LogP contribution in [0.2, 0.25) is 5.02 Å². The molecule has 0 fully saturated rings. The zero-order chi connectivity index (χ0) is 15.4. The van der Waals surface area contributed by atoms with Crippen molar-refractivity contribution >= 4 is 11.6 Å². The second-order valence-electron chi connectivity index (χ2n) is 5.42. The molecule has 3 heteroatoms. The third-order valence-corrected chi connectivity index (χ3v) is 3.99. The second-order valence-corrected chi connectivity index (χ2v) is 5.83. The van der Waals surface area contributed by atoms with Crippen LogP contribution in [0.25, 0.3) is 0 Å². The molecule has 112 valence electrons. The Bertz CT molecular complexity index is 607. The molecular weight excluding hydrogens is 285 g/mol. The van der Waals surface area contributed by atoms with Gasteiger partial charge in [0.05, 0.1) is 0 Å². The summed E-state index contributed by atoms with van der Waals surface area (Å²) in [5.41, 5.74) is 4.07. The first-order chi connectivity index (χ1) is 10.0. The Labute approximate surface area is 131 Å². The fourth-order valence-corrected chi connectivity index (χ4v) is 2.73. The molecule has 0 aliphatic heterocycles. The number of hydrogen-bond donors (Lipinski definition) is 1. The lowest BCUT2D eigenvalue weighted by molar-refractivity contribution is 0.546. The Balaban J connectivity index is 2.30. The number of aryl methyl sites for hydroxylation is 2. The number of rotatable bonds is 5. The lowest BCUT2D eigenvalue weighted by Gasteiger charge is -2.20. The van der Waals surface area contributed by atoms with Crippen molar-refractivity contribution in [1.29, 1.82) is 0 Å². The third kappa shape index (κ3) is 4.05. The molecule has 2 aromatic rings. The predicted molar refractivity (Wildman–Crippen MR) is 87.4 cm³/mol. The van der Waals surface area contributed by atoms with Gasteiger partial charge in [0.2, 0.25) is 0 Å². The minimum atomic E-state index is -0.255. The van der Waals surface area contributed by atoms with E-state index < -0.39 is 0 Å². The fourth-order valence-electron chi connectivity index (χ4n) is 2.44. The van der Waals surface area contributed by atoms with Crippen LogP contribution in [0.15, 0.2) is 36.4 Å². The molecule has 1 nitrogen and oxygen atoms in total. The lowest BCUT2D eigenvalue weighted by atomic mass is 9.96. The standard InChI is InChI=1S/C18H21ClFN/c1-4-21-18(10-14-7-5-12(2)6-8-14)15-9-13(3)17(20)11-16(15)19/h5-9,11,18,21H,4,10H2,1-3H3. The van der Waals surface area contributed by atoms with Crippen LogP contribution in [0, 0.1) is 19.7 Å². The van der Waals surface area contributed by atoms with Crippen LogP contribution in [0.5, 0.6) is 0 Å². The first kappa shape index (κ1) is 16.0. The molecule has 2 aromatic carbocycles. The first-order valence-corrected chi connectivity index (χ1v) is 7.63. The van der Waals surface area contributed by atoms with E-state index in [1.165, 1.54) is 17.2 Å². The van der Waals surface area contributed by atoms with Crippen molar-refractivity contribution in [3.8, 4) is 0 Å². The molecule has 0 saturated heterocycles. The van der Waals surface area contributed by atoms with Crippen molar-refractivity contribution in [3.63, 3.8) is 0 Å². The smallest absolute Gasteiger partial charge is 0.127 e. The molecule has 0 bridgehead atoms. The quantitative estimate of drug-likeness (QED) is 0.820. The number of benzene rings is 2. The summed E-state index contributed by atoms with van der Waals surface area (Å²) in [6.07, 6.45) is 0.832. The Morgan fingerprint density at radius 3 is 2.43 bits per heavy atom. The molecule has 2 rings (SSSR count). The van der Waals surface area contributed by atoms with E-state index in [1.807, 2.05) is 6.07 Å². The van der Waals surface area contributed by atoms with Crippen molar-refractivity contribution in [2.45, 2.75) is 33.2 Å². The Kier molecular flexibility index (Phi) is 5.38. The van der Waals surface area contributed by atoms with E-state index in [0.717, 1.165) is 18.5 Å². The molecule has 0 saturated carbocycles. The van der Waals surface area contributed by atoms with Crippen LogP contribution in [-0.2, 0) is 6.42 Å². The van der Waals surface area contributed by atoms with Gasteiger partial charge >= 0.3 is 0 Å². The molecule has 1 N–H and O–H groups in total. The molecule has 21 heavy (non-hydrogen) atoms. The van der Waals surface area contributed by atoms with Gasteiger partial charge in [-0.15, -0.1) is 0 Å². The summed E-state index contributed by atoms with van der Waals surface area (Å²) >= 11 is 6.24. The van der Waals surface area contributed by atoms with E-state index in [4.69, 9.17) is 11.6 Å². The number of likely N-dealkylation sites (N-methyl/N-ethyl adjacent to an activating group) is 1.